The van der Waals surface area contributed by atoms with Gasteiger partial charge in [-0.1, -0.05) is 0 Å². The Morgan fingerprint density at radius 1 is 1.50 bits per heavy atom. The summed E-state index contributed by atoms with van der Waals surface area (Å²) < 4.78 is 36.6. The van der Waals surface area contributed by atoms with E-state index in [0.717, 1.165) is 0 Å². The summed E-state index contributed by atoms with van der Waals surface area (Å²) in [5, 5.41) is 17.4. The molecule has 4 nitrogen and oxygen atoms in total. The molecule has 1 aromatic heterocycles. The van der Waals surface area contributed by atoms with Crippen LogP contribution in [0.1, 0.15) is 22.5 Å². The number of hydrogen-bond acceptors (Lipinski definition) is 3. The van der Waals surface area contributed by atoms with Gasteiger partial charge in [0.15, 0.2) is 11.4 Å². The Bertz CT molecular complexity index is 381. The number of aromatic carboxylic acids is 1. The van der Waals surface area contributed by atoms with Crippen molar-refractivity contribution in [2.45, 2.75) is 6.43 Å². The fraction of sp³-hybridized carbons (Fsp3) is 0.143. The van der Waals surface area contributed by atoms with Gasteiger partial charge in [0.05, 0.1) is 0 Å². The van der Waals surface area contributed by atoms with E-state index in [1.54, 1.807) is 0 Å². The van der Waals surface area contributed by atoms with E-state index in [1.807, 2.05) is 0 Å². The third kappa shape index (κ3) is 1.76. The Labute approximate surface area is 75.6 Å². The summed E-state index contributed by atoms with van der Waals surface area (Å²) in [4.78, 5) is 13.0. The molecule has 0 unspecified atom stereocenters. The van der Waals surface area contributed by atoms with Crippen LogP contribution >= 0.6 is 0 Å². The van der Waals surface area contributed by atoms with Crippen LogP contribution < -0.4 is 0 Å². The van der Waals surface area contributed by atoms with Crippen molar-refractivity contribution in [1.82, 2.24) is 4.98 Å². The van der Waals surface area contributed by atoms with Crippen molar-refractivity contribution in [3.05, 3.63) is 23.3 Å². The van der Waals surface area contributed by atoms with Crippen LogP contribution in [0.3, 0.4) is 0 Å². The SMILES string of the molecule is O=C(O)c1cc(F)nc(C(F)F)c1O. The maximum atomic E-state index is 12.5. The van der Waals surface area contributed by atoms with Gasteiger partial charge in [-0.25, -0.2) is 18.6 Å². The molecule has 7 heteroatoms. The molecular formula is C7H4F3NO3. The van der Waals surface area contributed by atoms with Crippen molar-refractivity contribution in [2.24, 2.45) is 0 Å². The Hall–Kier alpha value is -1.79. The number of pyridine rings is 1. The second-order valence-electron chi connectivity index (χ2n) is 2.33. The number of carboxylic acids is 1. The smallest absolute Gasteiger partial charge is 0.339 e. The highest BCUT2D eigenvalue weighted by Gasteiger charge is 2.22. The Morgan fingerprint density at radius 3 is 2.50 bits per heavy atom. The van der Waals surface area contributed by atoms with Gasteiger partial charge in [0.1, 0.15) is 5.56 Å². The summed E-state index contributed by atoms with van der Waals surface area (Å²) in [5.74, 6) is -4.30. The molecule has 0 atom stereocenters. The van der Waals surface area contributed by atoms with Crippen LogP contribution in [0, 0.1) is 5.95 Å². The molecule has 1 aromatic rings. The summed E-state index contributed by atoms with van der Waals surface area (Å²) in [6, 6.07) is 0.365. The molecular weight excluding hydrogens is 203 g/mol. The van der Waals surface area contributed by atoms with Crippen molar-refractivity contribution < 1.29 is 28.2 Å². The Kier molecular flexibility index (Phi) is 2.59. The first-order chi connectivity index (χ1) is 6.43. The van der Waals surface area contributed by atoms with Crippen LogP contribution in [0.15, 0.2) is 6.07 Å². The molecule has 14 heavy (non-hydrogen) atoms. The van der Waals surface area contributed by atoms with E-state index in [9.17, 15) is 18.0 Å². The number of hydrogen-bond donors (Lipinski definition) is 2. The lowest BCUT2D eigenvalue weighted by Gasteiger charge is -2.05. The lowest BCUT2D eigenvalue weighted by atomic mass is 10.2. The van der Waals surface area contributed by atoms with Gasteiger partial charge >= 0.3 is 5.97 Å². The zero-order valence-corrected chi connectivity index (χ0v) is 6.54. The second kappa shape index (κ2) is 3.52. The molecule has 0 aromatic carbocycles. The van der Waals surface area contributed by atoms with Crippen molar-refractivity contribution in [1.29, 1.82) is 0 Å². The van der Waals surface area contributed by atoms with Crippen LogP contribution in [-0.4, -0.2) is 21.2 Å². The standard InChI is InChI=1S/C7H4F3NO3/c8-3-1-2(7(13)14)5(12)4(11-3)6(9)10/h1,6,12H,(H,13,14). The molecule has 0 bridgehead atoms. The Morgan fingerprint density at radius 2 is 2.07 bits per heavy atom. The quantitative estimate of drug-likeness (QED) is 0.722. The third-order valence-corrected chi connectivity index (χ3v) is 1.43. The fourth-order valence-corrected chi connectivity index (χ4v) is 0.841. The van der Waals surface area contributed by atoms with Crippen molar-refractivity contribution in [3.63, 3.8) is 0 Å². The molecule has 2 N–H and O–H groups in total. The summed E-state index contributed by atoms with van der Waals surface area (Å²) in [6.45, 7) is 0. The average Bonchev–Trinajstić information content (AvgIpc) is 2.07. The molecule has 0 aliphatic heterocycles. The summed E-state index contributed by atoms with van der Waals surface area (Å²) in [6.07, 6.45) is -3.23. The minimum atomic E-state index is -3.23. The molecule has 0 saturated carbocycles. The van der Waals surface area contributed by atoms with E-state index in [1.165, 1.54) is 0 Å². The number of nitrogens with zero attached hydrogens (tertiary/aromatic N) is 1. The van der Waals surface area contributed by atoms with Gasteiger partial charge in [0, 0.05) is 6.07 Å². The number of rotatable bonds is 2. The number of aromatic nitrogens is 1. The number of carbonyl (C=O) groups is 1. The Balaban J connectivity index is 3.40. The number of carboxylic acid groups (broad SMARTS) is 1. The maximum Gasteiger partial charge on any atom is 0.339 e. The number of aromatic hydroxyl groups is 1. The molecule has 1 heterocycles. The maximum absolute atomic E-state index is 12.5. The fourth-order valence-electron chi connectivity index (χ4n) is 0.841. The number of halogens is 3. The zero-order chi connectivity index (χ0) is 10.9. The van der Waals surface area contributed by atoms with Gasteiger partial charge < -0.3 is 10.2 Å². The van der Waals surface area contributed by atoms with E-state index in [2.05, 4.69) is 4.98 Å². The molecule has 76 valence electrons. The van der Waals surface area contributed by atoms with E-state index < -0.39 is 35.3 Å². The molecule has 0 radical (unpaired) electrons. The van der Waals surface area contributed by atoms with Crippen LogP contribution in [0.5, 0.6) is 5.75 Å². The van der Waals surface area contributed by atoms with E-state index in [0.29, 0.717) is 6.07 Å². The topological polar surface area (TPSA) is 70.4 Å². The van der Waals surface area contributed by atoms with Crippen LogP contribution in [0.4, 0.5) is 13.2 Å². The summed E-state index contributed by atoms with van der Waals surface area (Å²) >= 11 is 0. The van der Waals surface area contributed by atoms with Crippen molar-refractivity contribution >= 4 is 5.97 Å². The van der Waals surface area contributed by atoms with Gasteiger partial charge in [-0.3, -0.25) is 0 Å². The van der Waals surface area contributed by atoms with Gasteiger partial charge in [-0.15, -0.1) is 0 Å². The normalized spacial score (nSPS) is 10.6. The van der Waals surface area contributed by atoms with Gasteiger partial charge in [-0.05, 0) is 0 Å². The predicted molar refractivity (Wildman–Crippen MR) is 37.8 cm³/mol. The first-order valence-corrected chi connectivity index (χ1v) is 3.34. The zero-order valence-electron chi connectivity index (χ0n) is 6.54. The minimum absolute atomic E-state index is 0.365. The highest BCUT2D eigenvalue weighted by atomic mass is 19.3. The van der Waals surface area contributed by atoms with Crippen molar-refractivity contribution in [2.75, 3.05) is 0 Å². The van der Waals surface area contributed by atoms with Crippen LogP contribution in [0.25, 0.3) is 0 Å². The predicted octanol–water partition coefficient (Wildman–Crippen LogP) is 1.56. The average molecular weight is 207 g/mol. The summed E-state index contributed by atoms with van der Waals surface area (Å²) in [5.41, 5.74) is -2.21. The first-order valence-electron chi connectivity index (χ1n) is 3.34. The van der Waals surface area contributed by atoms with E-state index in [4.69, 9.17) is 10.2 Å². The first kappa shape index (κ1) is 10.3. The molecule has 0 spiro atoms. The van der Waals surface area contributed by atoms with Crippen LogP contribution in [-0.2, 0) is 0 Å². The lowest BCUT2D eigenvalue weighted by Crippen LogP contribution is -2.03. The molecule has 0 amide bonds. The van der Waals surface area contributed by atoms with Gasteiger partial charge in [0.2, 0.25) is 5.95 Å². The van der Waals surface area contributed by atoms with Gasteiger partial charge in [0.25, 0.3) is 6.43 Å². The third-order valence-electron chi connectivity index (χ3n) is 1.43. The molecule has 0 fully saturated rings. The minimum Gasteiger partial charge on any atom is -0.505 e. The molecule has 0 aliphatic rings. The lowest BCUT2D eigenvalue weighted by molar-refractivity contribution is 0.0691. The highest BCUT2D eigenvalue weighted by Crippen LogP contribution is 2.29. The van der Waals surface area contributed by atoms with Crippen molar-refractivity contribution in [3.8, 4) is 5.75 Å². The number of alkyl halides is 2. The molecule has 0 saturated heterocycles. The largest absolute Gasteiger partial charge is 0.505 e. The van der Waals surface area contributed by atoms with Gasteiger partial charge in [-0.2, -0.15) is 4.39 Å². The van der Waals surface area contributed by atoms with Crippen LogP contribution in [0.2, 0.25) is 0 Å². The second-order valence-corrected chi connectivity index (χ2v) is 2.33. The van der Waals surface area contributed by atoms with E-state index >= 15 is 0 Å². The highest BCUT2D eigenvalue weighted by molar-refractivity contribution is 5.90. The molecule has 0 aliphatic carbocycles. The molecule has 1 rings (SSSR count). The van der Waals surface area contributed by atoms with E-state index in [-0.39, 0.29) is 0 Å². The summed E-state index contributed by atoms with van der Waals surface area (Å²) in [7, 11) is 0. The monoisotopic (exact) mass is 207 g/mol.